The molecule has 7 N–H and O–H groups in total. The average Bonchev–Trinajstić information content (AvgIpc) is 3.17. The summed E-state index contributed by atoms with van der Waals surface area (Å²) in [4.78, 5) is 11.1. The van der Waals surface area contributed by atoms with Crippen LogP contribution in [0.5, 0.6) is 0 Å². The van der Waals surface area contributed by atoms with E-state index >= 15 is 0 Å². The molecule has 4 rings (SSSR count). The van der Waals surface area contributed by atoms with Crippen molar-refractivity contribution in [3.8, 4) is 0 Å². The van der Waals surface area contributed by atoms with Crippen molar-refractivity contribution in [2.24, 2.45) is 5.73 Å². The van der Waals surface area contributed by atoms with Crippen LogP contribution in [0.15, 0.2) is 60.7 Å². The second-order valence-corrected chi connectivity index (χ2v) is 6.77. The first-order chi connectivity index (χ1) is 13.5. The minimum atomic E-state index is -0.950. The quantitative estimate of drug-likeness (QED) is 0.300. The summed E-state index contributed by atoms with van der Waals surface area (Å²) in [6.07, 6.45) is 0. The number of nitrogens with two attached hydrogens (primary N) is 1. The van der Waals surface area contributed by atoms with Gasteiger partial charge >= 0.3 is 5.97 Å². The molecule has 3 aromatic rings. The van der Waals surface area contributed by atoms with Crippen molar-refractivity contribution in [1.82, 2.24) is 10.6 Å². The number of carbonyl (C=O) groups is 1. The van der Waals surface area contributed by atoms with Crippen molar-refractivity contribution in [3.63, 3.8) is 0 Å². The standard InChI is InChI=1S/C21H21N5O2/c22-19(23)15-6-9-17-14(12-15)2-1-3-18(17)21(24-10-11-25-21)26-16-7-4-13(5-8-16)20(27)28/h1-9,12,24-26H,10-11H2,(H3,22,23)(H,27,28). The molecule has 1 saturated heterocycles. The van der Waals surface area contributed by atoms with Crippen LogP contribution in [-0.2, 0) is 5.79 Å². The molecule has 0 amide bonds. The van der Waals surface area contributed by atoms with Crippen LogP contribution in [0.1, 0.15) is 21.5 Å². The summed E-state index contributed by atoms with van der Waals surface area (Å²) in [5.74, 6) is -1.60. The molecule has 0 saturated carbocycles. The fourth-order valence-corrected chi connectivity index (χ4v) is 3.60. The van der Waals surface area contributed by atoms with Gasteiger partial charge in [-0.3, -0.25) is 16.0 Å². The fraction of sp³-hybridized carbons (Fsp3) is 0.143. The lowest BCUT2D eigenvalue weighted by Crippen LogP contribution is -2.52. The number of hydrogen-bond acceptors (Lipinski definition) is 5. The van der Waals surface area contributed by atoms with Gasteiger partial charge in [-0.05, 0) is 41.1 Å². The number of nitrogen functional groups attached to an aromatic ring is 1. The zero-order valence-electron chi connectivity index (χ0n) is 15.1. The normalized spacial score (nSPS) is 15.4. The van der Waals surface area contributed by atoms with Gasteiger partial charge in [0.2, 0.25) is 0 Å². The molecule has 3 aromatic carbocycles. The molecule has 7 nitrogen and oxygen atoms in total. The summed E-state index contributed by atoms with van der Waals surface area (Å²) in [7, 11) is 0. The van der Waals surface area contributed by atoms with E-state index in [4.69, 9.17) is 16.2 Å². The van der Waals surface area contributed by atoms with Gasteiger partial charge in [0.05, 0.1) is 5.56 Å². The number of hydrogen-bond donors (Lipinski definition) is 6. The van der Waals surface area contributed by atoms with Crippen LogP contribution in [-0.4, -0.2) is 30.0 Å². The van der Waals surface area contributed by atoms with Crippen LogP contribution in [0.3, 0.4) is 0 Å². The number of carboxylic acid groups (broad SMARTS) is 1. The molecule has 0 spiro atoms. The number of fused-ring (bicyclic) bond motifs is 1. The molecule has 142 valence electrons. The Kier molecular flexibility index (Phi) is 4.46. The second kappa shape index (κ2) is 6.95. The van der Waals surface area contributed by atoms with Gasteiger partial charge in [0.15, 0.2) is 5.79 Å². The van der Waals surface area contributed by atoms with Crippen LogP contribution >= 0.6 is 0 Å². The number of aromatic carboxylic acids is 1. The lowest BCUT2D eigenvalue weighted by atomic mass is 9.97. The summed E-state index contributed by atoms with van der Waals surface area (Å²) in [5.41, 5.74) is 8.37. The molecule has 0 radical (unpaired) electrons. The third-order valence-corrected chi connectivity index (χ3v) is 4.96. The number of amidine groups is 1. The summed E-state index contributed by atoms with van der Waals surface area (Å²) < 4.78 is 0. The van der Waals surface area contributed by atoms with Crippen molar-refractivity contribution >= 4 is 28.3 Å². The van der Waals surface area contributed by atoms with Crippen molar-refractivity contribution in [2.75, 3.05) is 18.4 Å². The molecule has 1 fully saturated rings. The smallest absolute Gasteiger partial charge is 0.335 e. The van der Waals surface area contributed by atoms with Crippen molar-refractivity contribution in [3.05, 3.63) is 77.4 Å². The predicted octanol–water partition coefficient (Wildman–Crippen LogP) is 2.24. The Morgan fingerprint density at radius 2 is 1.71 bits per heavy atom. The van der Waals surface area contributed by atoms with E-state index in [1.54, 1.807) is 24.3 Å². The maximum Gasteiger partial charge on any atom is 0.335 e. The van der Waals surface area contributed by atoms with E-state index in [0.717, 1.165) is 35.1 Å². The minimum absolute atomic E-state index is 0.0378. The maximum atomic E-state index is 11.1. The molecule has 1 aliphatic heterocycles. The predicted molar refractivity (Wildman–Crippen MR) is 110 cm³/mol. The van der Waals surface area contributed by atoms with Crippen molar-refractivity contribution in [1.29, 1.82) is 5.41 Å². The molecular formula is C21H21N5O2. The van der Waals surface area contributed by atoms with E-state index in [2.05, 4.69) is 16.0 Å². The molecule has 1 heterocycles. The molecule has 0 aliphatic carbocycles. The monoisotopic (exact) mass is 375 g/mol. The fourth-order valence-electron chi connectivity index (χ4n) is 3.60. The van der Waals surface area contributed by atoms with Crippen molar-refractivity contribution in [2.45, 2.75) is 5.79 Å². The summed E-state index contributed by atoms with van der Waals surface area (Å²) in [6.45, 7) is 1.56. The highest BCUT2D eigenvalue weighted by molar-refractivity contribution is 6.00. The zero-order chi connectivity index (χ0) is 19.7. The number of anilines is 1. The van der Waals surface area contributed by atoms with Gasteiger partial charge in [-0.25, -0.2) is 4.79 Å². The second-order valence-electron chi connectivity index (χ2n) is 6.77. The van der Waals surface area contributed by atoms with Crippen LogP contribution in [0.25, 0.3) is 10.8 Å². The van der Waals surface area contributed by atoms with E-state index < -0.39 is 11.8 Å². The van der Waals surface area contributed by atoms with Crippen LogP contribution in [0.2, 0.25) is 0 Å². The SMILES string of the molecule is N=C(N)c1ccc2c(C3(Nc4ccc(C(=O)O)cc4)NCCN3)cccc2c1. The first-order valence-electron chi connectivity index (χ1n) is 8.98. The highest BCUT2D eigenvalue weighted by Crippen LogP contribution is 2.31. The number of nitrogens with one attached hydrogen (secondary N) is 4. The van der Waals surface area contributed by atoms with Gasteiger partial charge in [-0.15, -0.1) is 0 Å². The molecule has 1 aliphatic rings. The molecule has 0 atom stereocenters. The van der Waals surface area contributed by atoms with Gasteiger partial charge in [0, 0.05) is 29.9 Å². The van der Waals surface area contributed by atoms with Crippen LogP contribution in [0, 0.1) is 5.41 Å². The largest absolute Gasteiger partial charge is 0.478 e. The Hall–Kier alpha value is -3.42. The van der Waals surface area contributed by atoms with Gasteiger partial charge in [-0.1, -0.05) is 30.3 Å². The third kappa shape index (κ3) is 3.17. The Morgan fingerprint density at radius 1 is 1.04 bits per heavy atom. The van der Waals surface area contributed by atoms with E-state index in [0.29, 0.717) is 5.56 Å². The topological polar surface area (TPSA) is 123 Å². The Balaban J connectivity index is 1.77. The van der Waals surface area contributed by atoms with E-state index in [9.17, 15) is 4.79 Å². The Morgan fingerprint density at radius 3 is 2.36 bits per heavy atom. The van der Waals surface area contributed by atoms with Gasteiger partial charge < -0.3 is 16.2 Å². The van der Waals surface area contributed by atoms with Gasteiger partial charge in [0.25, 0.3) is 0 Å². The van der Waals surface area contributed by atoms with Crippen LogP contribution < -0.4 is 21.7 Å². The Bertz CT molecular complexity index is 1060. The maximum absolute atomic E-state index is 11.1. The Labute approximate surface area is 162 Å². The highest BCUT2D eigenvalue weighted by atomic mass is 16.4. The first kappa shape index (κ1) is 18.0. The molecule has 0 unspecified atom stereocenters. The average molecular weight is 375 g/mol. The first-order valence-corrected chi connectivity index (χ1v) is 8.98. The number of carboxylic acids is 1. The minimum Gasteiger partial charge on any atom is -0.478 e. The molecule has 0 bridgehead atoms. The zero-order valence-corrected chi connectivity index (χ0v) is 15.1. The molecule has 0 aromatic heterocycles. The van der Waals surface area contributed by atoms with Gasteiger partial charge in [0.1, 0.15) is 5.84 Å². The van der Waals surface area contributed by atoms with E-state index in [-0.39, 0.29) is 11.4 Å². The number of benzene rings is 3. The summed E-state index contributed by atoms with van der Waals surface area (Å²) >= 11 is 0. The number of rotatable bonds is 5. The van der Waals surface area contributed by atoms with E-state index in [1.165, 1.54) is 0 Å². The summed E-state index contributed by atoms with van der Waals surface area (Å²) in [6, 6.07) is 18.4. The molecule has 7 heteroatoms. The molecular weight excluding hydrogens is 354 g/mol. The lowest BCUT2D eigenvalue weighted by Gasteiger charge is -2.33. The highest BCUT2D eigenvalue weighted by Gasteiger charge is 2.36. The van der Waals surface area contributed by atoms with Crippen molar-refractivity contribution < 1.29 is 9.90 Å². The van der Waals surface area contributed by atoms with Gasteiger partial charge in [-0.2, -0.15) is 0 Å². The van der Waals surface area contributed by atoms with E-state index in [1.807, 2.05) is 36.4 Å². The molecule has 28 heavy (non-hydrogen) atoms. The lowest BCUT2D eigenvalue weighted by molar-refractivity contribution is 0.0697. The van der Waals surface area contributed by atoms with Crippen LogP contribution in [0.4, 0.5) is 5.69 Å². The summed E-state index contributed by atoms with van der Waals surface area (Å²) in [5, 5.41) is 29.3. The third-order valence-electron chi connectivity index (χ3n) is 4.96.